The van der Waals surface area contributed by atoms with Crippen molar-refractivity contribution >= 4 is 17.5 Å². The molecule has 0 saturated carbocycles. The smallest absolute Gasteiger partial charge is 0.312 e. The first-order valence-electron chi connectivity index (χ1n) is 11.5. The number of likely N-dealkylation sites (tertiary alicyclic amines) is 1. The summed E-state index contributed by atoms with van der Waals surface area (Å²) in [5.41, 5.74) is 2.43. The standard InChI is InChI=1S/C26H29N3O5/c1-4-5-12-28-24(31)14-21(25(28)18-7-9-20(33-3)10-8-18)26(32)34-16-19-13-23(30)29-15-17(2)6-11-22(29)27-19/h6-11,13,15,21,25H,4-5,12,14,16H2,1-3H3/t21-,25-/m1/s1. The Bertz CT molecular complexity index is 1250. The van der Waals surface area contributed by atoms with Gasteiger partial charge in [-0.15, -0.1) is 0 Å². The van der Waals surface area contributed by atoms with Gasteiger partial charge in [0.1, 0.15) is 18.0 Å². The normalized spacial score (nSPS) is 17.9. The van der Waals surface area contributed by atoms with Gasteiger partial charge >= 0.3 is 5.97 Å². The summed E-state index contributed by atoms with van der Waals surface area (Å²) in [7, 11) is 1.59. The summed E-state index contributed by atoms with van der Waals surface area (Å²) in [5.74, 6) is -0.467. The minimum absolute atomic E-state index is 0.0614. The second-order valence-electron chi connectivity index (χ2n) is 8.60. The van der Waals surface area contributed by atoms with Gasteiger partial charge in [0, 0.05) is 25.2 Å². The number of amides is 1. The van der Waals surface area contributed by atoms with Gasteiger partial charge in [-0.05, 0) is 42.7 Å². The van der Waals surface area contributed by atoms with Gasteiger partial charge in [0.2, 0.25) is 5.91 Å². The van der Waals surface area contributed by atoms with Crippen LogP contribution in [0.4, 0.5) is 0 Å². The molecule has 34 heavy (non-hydrogen) atoms. The molecule has 1 aliphatic heterocycles. The third-order valence-electron chi connectivity index (χ3n) is 6.17. The fourth-order valence-electron chi connectivity index (χ4n) is 4.39. The third-order valence-corrected chi connectivity index (χ3v) is 6.17. The summed E-state index contributed by atoms with van der Waals surface area (Å²) < 4.78 is 12.3. The molecule has 4 rings (SSSR count). The van der Waals surface area contributed by atoms with Crippen molar-refractivity contribution in [2.75, 3.05) is 13.7 Å². The van der Waals surface area contributed by atoms with Crippen LogP contribution in [0.15, 0.2) is 53.5 Å². The van der Waals surface area contributed by atoms with Gasteiger partial charge in [-0.25, -0.2) is 4.98 Å². The second kappa shape index (κ2) is 10.1. The Morgan fingerprint density at radius 1 is 1.15 bits per heavy atom. The molecule has 0 radical (unpaired) electrons. The van der Waals surface area contributed by atoms with Gasteiger partial charge in [0.25, 0.3) is 5.56 Å². The molecule has 1 saturated heterocycles. The van der Waals surface area contributed by atoms with E-state index in [0.29, 0.717) is 23.6 Å². The quantitative estimate of drug-likeness (QED) is 0.476. The average Bonchev–Trinajstić information content (AvgIpc) is 3.17. The molecule has 1 fully saturated rings. The number of pyridine rings is 1. The highest BCUT2D eigenvalue weighted by Crippen LogP contribution is 2.39. The molecular weight excluding hydrogens is 434 g/mol. The fourth-order valence-corrected chi connectivity index (χ4v) is 4.39. The molecule has 8 nitrogen and oxygen atoms in total. The van der Waals surface area contributed by atoms with Crippen molar-refractivity contribution in [3.63, 3.8) is 0 Å². The number of aryl methyl sites for hydroxylation is 1. The van der Waals surface area contributed by atoms with Crippen LogP contribution in [-0.2, 0) is 20.9 Å². The maximum Gasteiger partial charge on any atom is 0.312 e. The first-order chi connectivity index (χ1) is 16.4. The number of carbonyl (C=O) groups excluding carboxylic acids is 2. The van der Waals surface area contributed by atoms with E-state index in [-0.39, 0.29) is 24.5 Å². The molecule has 0 bridgehead atoms. The van der Waals surface area contributed by atoms with Crippen molar-refractivity contribution in [3.05, 3.63) is 75.8 Å². The van der Waals surface area contributed by atoms with E-state index < -0.39 is 17.9 Å². The third kappa shape index (κ3) is 4.81. The number of esters is 1. The molecule has 1 amide bonds. The van der Waals surface area contributed by atoms with Crippen molar-refractivity contribution in [1.82, 2.24) is 14.3 Å². The summed E-state index contributed by atoms with van der Waals surface area (Å²) in [6, 6.07) is 12.0. The number of methoxy groups -OCH3 is 1. The van der Waals surface area contributed by atoms with Crippen molar-refractivity contribution in [3.8, 4) is 5.75 Å². The van der Waals surface area contributed by atoms with Crippen molar-refractivity contribution in [2.45, 2.75) is 45.8 Å². The molecule has 0 N–H and O–H groups in total. The van der Waals surface area contributed by atoms with Crippen molar-refractivity contribution < 1.29 is 19.1 Å². The molecule has 0 spiro atoms. The maximum atomic E-state index is 13.1. The number of hydrogen-bond donors (Lipinski definition) is 0. The minimum atomic E-state index is -0.637. The SMILES string of the molecule is CCCCN1C(=O)C[C@@H](C(=O)OCc2cc(=O)n3cc(C)ccc3n2)[C@H]1c1ccc(OC)cc1. The van der Waals surface area contributed by atoms with Crippen LogP contribution in [0.25, 0.3) is 5.65 Å². The molecule has 0 aliphatic carbocycles. The predicted molar refractivity (Wildman–Crippen MR) is 126 cm³/mol. The fraction of sp³-hybridized carbons (Fsp3) is 0.385. The number of rotatable bonds is 8. The van der Waals surface area contributed by atoms with Crippen LogP contribution < -0.4 is 10.3 Å². The highest BCUT2D eigenvalue weighted by atomic mass is 16.5. The van der Waals surface area contributed by atoms with Crippen LogP contribution in [0.5, 0.6) is 5.75 Å². The molecule has 3 heterocycles. The molecule has 2 atom stereocenters. The summed E-state index contributed by atoms with van der Waals surface area (Å²) in [5, 5.41) is 0. The number of benzene rings is 1. The molecular formula is C26H29N3O5. The van der Waals surface area contributed by atoms with Gasteiger partial charge in [-0.2, -0.15) is 0 Å². The number of unbranched alkanes of at least 4 members (excludes halogenated alkanes) is 1. The Labute approximate surface area is 198 Å². The summed E-state index contributed by atoms with van der Waals surface area (Å²) in [6.07, 6.45) is 3.60. The zero-order valence-electron chi connectivity index (χ0n) is 19.7. The summed E-state index contributed by atoms with van der Waals surface area (Å²) in [6.45, 7) is 4.41. The number of ether oxygens (including phenoxy) is 2. The van der Waals surface area contributed by atoms with Crippen LogP contribution >= 0.6 is 0 Å². The number of nitrogens with zero attached hydrogens (tertiary/aromatic N) is 3. The zero-order valence-corrected chi connectivity index (χ0v) is 19.7. The Hall–Kier alpha value is -3.68. The predicted octanol–water partition coefficient (Wildman–Crippen LogP) is 3.44. The van der Waals surface area contributed by atoms with E-state index in [2.05, 4.69) is 11.9 Å². The number of aromatic nitrogens is 2. The summed E-state index contributed by atoms with van der Waals surface area (Å²) in [4.78, 5) is 44.6. The highest BCUT2D eigenvalue weighted by Gasteiger charge is 2.45. The molecule has 1 aliphatic rings. The average molecular weight is 464 g/mol. The molecule has 8 heteroatoms. The Balaban J connectivity index is 1.55. The lowest BCUT2D eigenvalue weighted by Crippen LogP contribution is -2.32. The monoisotopic (exact) mass is 463 g/mol. The minimum Gasteiger partial charge on any atom is -0.497 e. The first kappa shape index (κ1) is 23.5. The largest absolute Gasteiger partial charge is 0.497 e. The molecule has 178 valence electrons. The van der Waals surface area contributed by atoms with E-state index in [0.717, 1.165) is 24.0 Å². The highest BCUT2D eigenvalue weighted by molar-refractivity contribution is 5.88. The van der Waals surface area contributed by atoms with Crippen LogP contribution in [0.1, 0.15) is 49.0 Å². The van der Waals surface area contributed by atoms with Crippen molar-refractivity contribution in [1.29, 1.82) is 0 Å². The van der Waals surface area contributed by atoms with E-state index in [4.69, 9.17) is 9.47 Å². The molecule has 3 aromatic rings. The molecule has 0 unspecified atom stereocenters. The van der Waals surface area contributed by atoms with E-state index in [1.807, 2.05) is 37.3 Å². The number of carbonyl (C=O) groups is 2. The van der Waals surface area contributed by atoms with Crippen LogP contribution in [-0.4, -0.2) is 39.8 Å². The van der Waals surface area contributed by atoms with E-state index in [1.54, 1.807) is 24.3 Å². The van der Waals surface area contributed by atoms with Crippen molar-refractivity contribution in [2.24, 2.45) is 5.92 Å². The van der Waals surface area contributed by atoms with Crippen LogP contribution in [0.3, 0.4) is 0 Å². The van der Waals surface area contributed by atoms with Gasteiger partial charge in [-0.1, -0.05) is 31.5 Å². The van der Waals surface area contributed by atoms with Gasteiger partial charge in [0.15, 0.2) is 0 Å². The van der Waals surface area contributed by atoms with E-state index >= 15 is 0 Å². The van der Waals surface area contributed by atoms with E-state index in [9.17, 15) is 14.4 Å². The lowest BCUT2D eigenvalue weighted by atomic mass is 9.93. The first-order valence-corrected chi connectivity index (χ1v) is 11.5. The van der Waals surface area contributed by atoms with Crippen LogP contribution in [0, 0.1) is 12.8 Å². The Morgan fingerprint density at radius 3 is 2.62 bits per heavy atom. The molecule has 2 aromatic heterocycles. The Kier molecular flexibility index (Phi) is 6.95. The summed E-state index contributed by atoms with van der Waals surface area (Å²) >= 11 is 0. The lowest BCUT2D eigenvalue weighted by molar-refractivity contribution is -0.151. The van der Waals surface area contributed by atoms with Gasteiger partial charge < -0.3 is 14.4 Å². The van der Waals surface area contributed by atoms with Crippen LogP contribution in [0.2, 0.25) is 0 Å². The number of fused-ring (bicyclic) bond motifs is 1. The van der Waals surface area contributed by atoms with Gasteiger partial charge in [-0.3, -0.25) is 18.8 Å². The van der Waals surface area contributed by atoms with E-state index in [1.165, 1.54) is 10.5 Å². The second-order valence-corrected chi connectivity index (χ2v) is 8.60. The lowest BCUT2D eigenvalue weighted by Gasteiger charge is -2.28. The topological polar surface area (TPSA) is 90.2 Å². The zero-order chi connectivity index (χ0) is 24.2. The molecule has 1 aromatic carbocycles. The Morgan fingerprint density at radius 2 is 1.91 bits per heavy atom. The number of hydrogen-bond acceptors (Lipinski definition) is 6. The maximum absolute atomic E-state index is 13.1. The van der Waals surface area contributed by atoms with Gasteiger partial charge in [0.05, 0.1) is 24.8 Å².